The summed E-state index contributed by atoms with van der Waals surface area (Å²) in [6.07, 6.45) is 2.12. The first-order valence-electron chi connectivity index (χ1n) is 10.1. The molecule has 0 rings (SSSR count). The van der Waals surface area contributed by atoms with Crippen LogP contribution < -0.4 is 10.6 Å². The zero-order valence-electron chi connectivity index (χ0n) is 19.5. The Hall–Kier alpha value is -1.10. The molecule has 5 heteroatoms. The monoisotopic (exact) mass is 384 g/mol. The summed E-state index contributed by atoms with van der Waals surface area (Å²) in [6.45, 7) is 22.0. The van der Waals surface area contributed by atoms with Gasteiger partial charge in [-0.3, -0.25) is 9.59 Å². The topological polar surface area (TPSA) is 67.4 Å². The van der Waals surface area contributed by atoms with Crippen molar-refractivity contribution in [2.75, 3.05) is 19.7 Å². The van der Waals surface area contributed by atoms with Gasteiger partial charge < -0.3 is 15.4 Å². The van der Waals surface area contributed by atoms with Crippen LogP contribution >= 0.6 is 0 Å². The van der Waals surface area contributed by atoms with Gasteiger partial charge in [-0.05, 0) is 51.4 Å². The predicted molar refractivity (Wildman–Crippen MR) is 113 cm³/mol. The van der Waals surface area contributed by atoms with Crippen molar-refractivity contribution in [1.82, 2.24) is 10.6 Å². The lowest BCUT2D eigenvalue weighted by molar-refractivity contribution is -0.137. The van der Waals surface area contributed by atoms with Crippen LogP contribution in [-0.4, -0.2) is 37.1 Å². The van der Waals surface area contributed by atoms with Crippen molar-refractivity contribution < 1.29 is 14.3 Å². The van der Waals surface area contributed by atoms with Crippen molar-refractivity contribution in [2.24, 2.45) is 16.2 Å². The zero-order chi connectivity index (χ0) is 21.5. The van der Waals surface area contributed by atoms with E-state index in [0.717, 1.165) is 6.42 Å². The summed E-state index contributed by atoms with van der Waals surface area (Å²) in [6, 6.07) is 0. The quantitative estimate of drug-likeness (QED) is 0.590. The van der Waals surface area contributed by atoms with Crippen LogP contribution in [0.5, 0.6) is 0 Å². The maximum atomic E-state index is 12.4. The van der Waals surface area contributed by atoms with Crippen LogP contribution in [0.3, 0.4) is 0 Å². The van der Waals surface area contributed by atoms with Crippen molar-refractivity contribution in [3.63, 3.8) is 0 Å². The lowest BCUT2D eigenvalue weighted by Crippen LogP contribution is -2.45. The van der Waals surface area contributed by atoms with Crippen molar-refractivity contribution >= 4 is 11.8 Å². The molecule has 0 aromatic rings. The second-order valence-corrected chi connectivity index (χ2v) is 11.3. The molecule has 0 fully saturated rings. The molecular formula is C22H44N2O3. The van der Waals surface area contributed by atoms with Crippen LogP contribution in [0.1, 0.15) is 88.5 Å². The van der Waals surface area contributed by atoms with E-state index in [-0.39, 0.29) is 22.6 Å². The Kier molecular flexibility index (Phi) is 9.50. The van der Waals surface area contributed by atoms with E-state index in [2.05, 4.69) is 52.2 Å². The number of hydrogen-bond donors (Lipinski definition) is 2. The first kappa shape index (κ1) is 25.9. The highest BCUT2D eigenvalue weighted by Gasteiger charge is 2.31. The molecule has 160 valence electrons. The SMILES string of the molecule is CC(C)(C)CCC(=O)NCCC(C)(C)OCC(C)(C)C(=O)NCC(C)(C)C. The largest absolute Gasteiger partial charge is 0.374 e. The van der Waals surface area contributed by atoms with Crippen LogP contribution in [0.25, 0.3) is 0 Å². The van der Waals surface area contributed by atoms with E-state index in [1.807, 2.05) is 27.7 Å². The molecule has 0 saturated heterocycles. The van der Waals surface area contributed by atoms with Crippen LogP contribution in [0, 0.1) is 16.2 Å². The van der Waals surface area contributed by atoms with Crippen LogP contribution in [0.4, 0.5) is 0 Å². The van der Waals surface area contributed by atoms with Gasteiger partial charge in [-0.25, -0.2) is 0 Å². The summed E-state index contributed by atoms with van der Waals surface area (Å²) in [7, 11) is 0. The van der Waals surface area contributed by atoms with E-state index in [4.69, 9.17) is 4.74 Å². The predicted octanol–water partition coefficient (Wildman–Crippen LogP) is 4.30. The highest BCUT2D eigenvalue weighted by atomic mass is 16.5. The Labute approximate surface area is 167 Å². The molecular weight excluding hydrogens is 340 g/mol. The fourth-order valence-corrected chi connectivity index (χ4v) is 2.18. The molecule has 0 atom stereocenters. The number of rotatable bonds is 10. The van der Waals surface area contributed by atoms with E-state index in [0.29, 0.717) is 32.5 Å². The minimum absolute atomic E-state index is 0.00343. The number of carbonyl (C=O) groups excluding carboxylic acids is 2. The third-order valence-corrected chi connectivity index (χ3v) is 4.37. The number of hydrogen-bond acceptors (Lipinski definition) is 3. The van der Waals surface area contributed by atoms with Gasteiger partial charge in [-0.1, -0.05) is 41.5 Å². The third kappa shape index (κ3) is 13.7. The fourth-order valence-electron chi connectivity index (χ4n) is 2.18. The molecule has 0 aliphatic carbocycles. The minimum Gasteiger partial charge on any atom is -0.374 e. The van der Waals surface area contributed by atoms with Gasteiger partial charge in [-0.15, -0.1) is 0 Å². The Morgan fingerprint density at radius 1 is 0.778 bits per heavy atom. The molecule has 0 unspecified atom stereocenters. The van der Waals surface area contributed by atoms with E-state index in [1.165, 1.54) is 0 Å². The molecule has 0 bridgehead atoms. The zero-order valence-corrected chi connectivity index (χ0v) is 19.5. The molecule has 2 N–H and O–H groups in total. The first-order chi connectivity index (χ1) is 11.9. The Morgan fingerprint density at radius 2 is 1.33 bits per heavy atom. The summed E-state index contributed by atoms with van der Waals surface area (Å²) in [4.78, 5) is 24.4. The molecule has 0 aromatic heterocycles. The lowest BCUT2D eigenvalue weighted by Gasteiger charge is -2.32. The Morgan fingerprint density at radius 3 is 1.81 bits per heavy atom. The van der Waals surface area contributed by atoms with Gasteiger partial charge in [0.2, 0.25) is 11.8 Å². The van der Waals surface area contributed by atoms with Crippen molar-refractivity contribution in [2.45, 2.75) is 94.1 Å². The second kappa shape index (κ2) is 9.90. The van der Waals surface area contributed by atoms with Crippen LogP contribution in [0.2, 0.25) is 0 Å². The lowest BCUT2D eigenvalue weighted by atomic mass is 9.90. The maximum absolute atomic E-state index is 12.4. The van der Waals surface area contributed by atoms with Crippen LogP contribution in [0.15, 0.2) is 0 Å². The molecule has 0 saturated carbocycles. The molecule has 0 radical (unpaired) electrons. The van der Waals surface area contributed by atoms with E-state index >= 15 is 0 Å². The Bertz CT molecular complexity index is 483. The molecule has 27 heavy (non-hydrogen) atoms. The highest BCUT2D eigenvalue weighted by molar-refractivity contribution is 5.82. The van der Waals surface area contributed by atoms with E-state index < -0.39 is 11.0 Å². The van der Waals surface area contributed by atoms with Crippen molar-refractivity contribution in [3.8, 4) is 0 Å². The average Bonchev–Trinajstić information content (AvgIpc) is 2.47. The van der Waals surface area contributed by atoms with Gasteiger partial charge in [0.05, 0.1) is 17.6 Å². The summed E-state index contributed by atoms with van der Waals surface area (Å²) in [5, 5.41) is 5.98. The number of nitrogens with one attached hydrogen (secondary N) is 2. The van der Waals surface area contributed by atoms with Gasteiger partial charge in [0, 0.05) is 19.5 Å². The molecule has 0 spiro atoms. The first-order valence-corrected chi connectivity index (χ1v) is 10.1. The standard InChI is InChI=1S/C22H44N2O3/c1-19(2,3)12-11-17(25)23-14-13-22(9,10)27-16-21(7,8)18(26)24-15-20(4,5)6/h11-16H2,1-10H3,(H,23,25)(H,24,26). The fraction of sp³-hybridized carbons (Fsp3) is 0.909. The van der Waals surface area contributed by atoms with Gasteiger partial charge in [0.25, 0.3) is 0 Å². The molecule has 0 aliphatic rings. The molecule has 0 heterocycles. The summed E-state index contributed by atoms with van der Waals surface area (Å²) in [5.41, 5.74) is -0.784. The minimum atomic E-state index is -0.599. The number of ether oxygens (including phenoxy) is 1. The molecule has 5 nitrogen and oxygen atoms in total. The van der Waals surface area contributed by atoms with E-state index in [1.54, 1.807) is 0 Å². The molecule has 0 aromatic carbocycles. The normalized spacial score (nSPS) is 13.4. The number of carbonyl (C=O) groups is 2. The smallest absolute Gasteiger partial charge is 0.228 e. The van der Waals surface area contributed by atoms with Crippen molar-refractivity contribution in [3.05, 3.63) is 0 Å². The van der Waals surface area contributed by atoms with Gasteiger partial charge in [-0.2, -0.15) is 0 Å². The van der Waals surface area contributed by atoms with Gasteiger partial charge in [0.1, 0.15) is 0 Å². The molecule has 0 aliphatic heterocycles. The highest BCUT2D eigenvalue weighted by Crippen LogP contribution is 2.23. The summed E-state index contributed by atoms with van der Waals surface area (Å²) < 4.78 is 6.03. The Balaban J connectivity index is 4.30. The summed E-state index contributed by atoms with van der Waals surface area (Å²) in [5.74, 6) is 0.0892. The van der Waals surface area contributed by atoms with Crippen molar-refractivity contribution in [1.29, 1.82) is 0 Å². The van der Waals surface area contributed by atoms with Crippen LogP contribution in [-0.2, 0) is 14.3 Å². The van der Waals surface area contributed by atoms with Gasteiger partial charge in [0.15, 0.2) is 0 Å². The van der Waals surface area contributed by atoms with E-state index in [9.17, 15) is 9.59 Å². The summed E-state index contributed by atoms with van der Waals surface area (Å²) >= 11 is 0. The van der Waals surface area contributed by atoms with Gasteiger partial charge >= 0.3 is 0 Å². The average molecular weight is 385 g/mol. The number of amides is 2. The third-order valence-electron chi connectivity index (χ3n) is 4.37. The maximum Gasteiger partial charge on any atom is 0.228 e. The second-order valence-electron chi connectivity index (χ2n) is 11.3. The molecule has 2 amide bonds.